The minimum absolute atomic E-state index is 0.380. The summed E-state index contributed by atoms with van der Waals surface area (Å²) in [7, 11) is 2.01. The van der Waals surface area contributed by atoms with Gasteiger partial charge in [0.1, 0.15) is 0 Å². The van der Waals surface area contributed by atoms with E-state index in [1.807, 2.05) is 7.05 Å². The van der Waals surface area contributed by atoms with Crippen LogP contribution in [0.4, 0.5) is 0 Å². The Bertz CT molecular complexity index is 210. The van der Waals surface area contributed by atoms with Crippen LogP contribution in [-0.2, 0) is 4.79 Å². The van der Waals surface area contributed by atoms with E-state index in [1.165, 1.54) is 32.1 Å². The number of carbonyl (C=O) groups is 1. The Hall–Kier alpha value is -0.570. The molecule has 0 atom stereocenters. The molecular weight excluding hydrogens is 212 g/mol. The lowest BCUT2D eigenvalue weighted by Gasteiger charge is -2.32. The van der Waals surface area contributed by atoms with E-state index in [1.54, 1.807) is 0 Å². The lowest BCUT2D eigenvalue weighted by molar-refractivity contribution is -0.132. The van der Waals surface area contributed by atoms with Crippen LogP contribution < -0.4 is 5.32 Å². The number of unbranched alkanes of at least 4 members (excludes halogenated alkanes) is 2. The largest absolute Gasteiger partial charge is 0.343 e. The normalized spacial score (nSPS) is 17.4. The first-order valence-corrected chi connectivity index (χ1v) is 7.20. The van der Waals surface area contributed by atoms with Crippen LogP contribution >= 0.6 is 0 Å². The predicted octanol–water partition coefficient (Wildman–Crippen LogP) is 2.41. The van der Waals surface area contributed by atoms with E-state index < -0.39 is 0 Å². The van der Waals surface area contributed by atoms with Gasteiger partial charge < -0.3 is 10.2 Å². The molecule has 0 radical (unpaired) electrons. The number of amides is 1. The second-order valence-electron chi connectivity index (χ2n) is 5.17. The number of nitrogens with zero attached hydrogens (tertiary/aromatic N) is 1. The van der Waals surface area contributed by atoms with Crippen molar-refractivity contribution in [2.24, 2.45) is 5.92 Å². The molecule has 3 heteroatoms. The summed E-state index contributed by atoms with van der Waals surface area (Å²) in [5.41, 5.74) is 0. The molecule has 0 aliphatic carbocycles. The second kappa shape index (κ2) is 8.51. The van der Waals surface area contributed by atoms with Crippen LogP contribution in [0.15, 0.2) is 0 Å². The number of hydrogen-bond donors (Lipinski definition) is 1. The maximum absolute atomic E-state index is 11.9. The molecule has 0 spiro atoms. The summed E-state index contributed by atoms with van der Waals surface area (Å²) in [6, 6.07) is 0. The van der Waals surface area contributed by atoms with E-state index in [0.717, 1.165) is 38.4 Å². The number of hydrogen-bond acceptors (Lipinski definition) is 2. The molecule has 1 fully saturated rings. The van der Waals surface area contributed by atoms with Gasteiger partial charge in [-0.3, -0.25) is 4.79 Å². The van der Waals surface area contributed by atoms with Gasteiger partial charge in [-0.15, -0.1) is 0 Å². The van der Waals surface area contributed by atoms with E-state index in [9.17, 15) is 4.79 Å². The van der Waals surface area contributed by atoms with Gasteiger partial charge in [0.15, 0.2) is 0 Å². The summed E-state index contributed by atoms with van der Waals surface area (Å²) in [4.78, 5) is 14.0. The molecule has 1 rings (SSSR count). The average molecular weight is 240 g/mol. The van der Waals surface area contributed by atoms with Crippen molar-refractivity contribution in [1.29, 1.82) is 0 Å². The first kappa shape index (κ1) is 14.5. The maximum Gasteiger partial charge on any atom is 0.222 e. The SMILES string of the molecule is CCCCCC(=O)N1CCC(CCNC)CC1. The molecule has 1 aliphatic rings. The summed E-state index contributed by atoms with van der Waals surface area (Å²) in [6.07, 6.45) is 7.85. The first-order chi connectivity index (χ1) is 8.27. The Kier molecular flexibility index (Phi) is 7.25. The molecule has 0 aromatic heterocycles. The molecule has 1 amide bonds. The number of likely N-dealkylation sites (tertiary alicyclic amines) is 1. The molecule has 0 unspecified atom stereocenters. The molecule has 0 aromatic carbocycles. The third-order valence-corrected chi connectivity index (χ3v) is 3.76. The quantitative estimate of drug-likeness (QED) is 0.693. The molecule has 0 aromatic rings. The minimum Gasteiger partial charge on any atom is -0.343 e. The van der Waals surface area contributed by atoms with Gasteiger partial charge in [-0.2, -0.15) is 0 Å². The Balaban J connectivity index is 2.15. The molecule has 1 aliphatic heterocycles. The van der Waals surface area contributed by atoms with Crippen LogP contribution in [0, 0.1) is 5.92 Å². The highest BCUT2D eigenvalue weighted by molar-refractivity contribution is 5.76. The molecule has 0 bridgehead atoms. The first-order valence-electron chi connectivity index (χ1n) is 7.20. The van der Waals surface area contributed by atoms with E-state index in [0.29, 0.717) is 5.91 Å². The fourth-order valence-corrected chi connectivity index (χ4v) is 2.50. The summed E-state index contributed by atoms with van der Waals surface area (Å²) in [6.45, 7) is 5.26. The summed E-state index contributed by atoms with van der Waals surface area (Å²) in [5, 5.41) is 3.20. The smallest absolute Gasteiger partial charge is 0.222 e. The van der Waals surface area contributed by atoms with Gasteiger partial charge in [-0.25, -0.2) is 0 Å². The molecule has 0 saturated carbocycles. The molecule has 100 valence electrons. The fraction of sp³-hybridized carbons (Fsp3) is 0.929. The Morgan fingerprint density at radius 1 is 1.29 bits per heavy atom. The molecular formula is C14H28N2O. The van der Waals surface area contributed by atoms with Crippen molar-refractivity contribution in [3.8, 4) is 0 Å². The van der Waals surface area contributed by atoms with Gasteiger partial charge in [0.25, 0.3) is 0 Å². The van der Waals surface area contributed by atoms with Gasteiger partial charge in [0, 0.05) is 19.5 Å². The Morgan fingerprint density at radius 3 is 2.59 bits per heavy atom. The predicted molar refractivity (Wildman–Crippen MR) is 72.0 cm³/mol. The zero-order valence-corrected chi connectivity index (χ0v) is 11.5. The van der Waals surface area contributed by atoms with Gasteiger partial charge >= 0.3 is 0 Å². The number of piperidine rings is 1. The lowest BCUT2D eigenvalue weighted by atomic mass is 9.93. The number of carbonyl (C=O) groups excluding carboxylic acids is 1. The molecule has 1 heterocycles. The molecule has 17 heavy (non-hydrogen) atoms. The molecule has 1 saturated heterocycles. The zero-order valence-electron chi connectivity index (χ0n) is 11.5. The van der Waals surface area contributed by atoms with Crippen LogP contribution in [0.3, 0.4) is 0 Å². The monoisotopic (exact) mass is 240 g/mol. The van der Waals surface area contributed by atoms with Crippen molar-refractivity contribution in [1.82, 2.24) is 10.2 Å². The number of rotatable bonds is 7. The van der Waals surface area contributed by atoms with Crippen molar-refractivity contribution >= 4 is 5.91 Å². The van der Waals surface area contributed by atoms with Crippen molar-refractivity contribution < 1.29 is 4.79 Å². The third-order valence-electron chi connectivity index (χ3n) is 3.76. The van der Waals surface area contributed by atoms with Crippen molar-refractivity contribution in [3.63, 3.8) is 0 Å². The van der Waals surface area contributed by atoms with Gasteiger partial charge in [0.05, 0.1) is 0 Å². The van der Waals surface area contributed by atoms with Crippen molar-refractivity contribution in [2.45, 2.75) is 51.9 Å². The van der Waals surface area contributed by atoms with Crippen LogP contribution in [0.5, 0.6) is 0 Å². The van der Waals surface area contributed by atoms with Gasteiger partial charge in [-0.1, -0.05) is 19.8 Å². The molecule has 1 N–H and O–H groups in total. The topological polar surface area (TPSA) is 32.3 Å². The van der Waals surface area contributed by atoms with E-state index in [-0.39, 0.29) is 0 Å². The van der Waals surface area contributed by atoms with Crippen LogP contribution in [0.1, 0.15) is 51.9 Å². The Morgan fingerprint density at radius 2 is 2.00 bits per heavy atom. The average Bonchev–Trinajstić information content (AvgIpc) is 2.37. The van der Waals surface area contributed by atoms with E-state index >= 15 is 0 Å². The highest BCUT2D eigenvalue weighted by Crippen LogP contribution is 2.20. The van der Waals surface area contributed by atoms with Crippen molar-refractivity contribution in [2.75, 3.05) is 26.7 Å². The second-order valence-corrected chi connectivity index (χ2v) is 5.17. The molecule has 3 nitrogen and oxygen atoms in total. The highest BCUT2D eigenvalue weighted by Gasteiger charge is 2.21. The summed E-state index contributed by atoms with van der Waals surface area (Å²) in [5.74, 6) is 1.20. The Labute approximate surface area is 106 Å². The van der Waals surface area contributed by atoms with Gasteiger partial charge in [-0.05, 0) is 45.2 Å². The third kappa shape index (κ3) is 5.53. The summed E-state index contributed by atoms with van der Waals surface area (Å²) < 4.78 is 0. The van der Waals surface area contributed by atoms with Crippen LogP contribution in [-0.4, -0.2) is 37.5 Å². The minimum atomic E-state index is 0.380. The van der Waals surface area contributed by atoms with Gasteiger partial charge in [0.2, 0.25) is 5.91 Å². The standard InChI is InChI=1S/C14H28N2O/c1-3-4-5-6-14(17)16-11-8-13(9-12-16)7-10-15-2/h13,15H,3-12H2,1-2H3. The highest BCUT2D eigenvalue weighted by atomic mass is 16.2. The van der Waals surface area contributed by atoms with E-state index in [2.05, 4.69) is 17.1 Å². The summed E-state index contributed by atoms with van der Waals surface area (Å²) >= 11 is 0. The lowest BCUT2D eigenvalue weighted by Crippen LogP contribution is -2.38. The van der Waals surface area contributed by atoms with E-state index in [4.69, 9.17) is 0 Å². The number of nitrogens with one attached hydrogen (secondary N) is 1. The van der Waals surface area contributed by atoms with Crippen molar-refractivity contribution in [3.05, 3.63) is 0 Å². The van der Waals surface area contributed by atoms with Crippen LogP contribution in [0.2, 0.25) is 0 Å². The zero-order chi connectivity index (χ0) is 12.5. The maximum atomic E-state index is 11.9. The van der Waals surface area contributed by atoms with Crippen LogP contribution in [0.25, 0.3) is 0 Å². The fourth-order valence-electron chi connectivity index (χ4n) is 2.50.